The van der Waals surface area contributed by atoms with Crippen molar-refractivity contribution in [3.8, 4) is 11.5 Å². The number of fused-ring (bicyclic) bond motifs is 2. The maximum absolute atomic E-state index is 14.7. The van der Waals surface area contributed by atoms with Crippen molar-refractivity contribution < 1.29 is 28.2 Å². The van der Waals surface area contributed by atoms with Gasteiger partial charge in [-0.15, -0.1) is 0 Å². The average molecular weight is 512 g/mol. The predicted octanol–water partition coefficient (Wildman–Crippen LogP) is 4.74. The Morgan fingerprint density at radius 2 is 1.92 bits per heavy atom. The largest absolute Gasteiger partial charge is 0.465 e. The molecule has 0 fully saturated rings. The second-order valence-electron chi connectivity index (χ2n) is 9.62. The number of nitrogens with one attached hydrogen (secondary N) is 2. The van der Waals surface area contributed by atoms with E-state index in [9.17, 15) is 14.0 Å². The number of hydrogen-bond acceptors (Lipinski definition) is 7. The lowest BCUT2D eigenvalue weighted by molar-refractivity contribution is 0.0505. The van der Waals surface area contributed by atoms with Gasteiger partial charge in [-0.2, -0.15) is 0 Å². The molecule has 37 heavy (non-hydrogen) atoms. The molecule has 10 nitrogen and oxygen atoms in total. The number of benzene rings is 1. The summed E-state index contributed by atoms with van der Waals surface area (Å²) in [7, 11) is 2.78. The van der Waals surface area contributed by atoms with Gasteiger partial charge >= 0.3 is 12.1 Å². The van der Waals surface area contributed by atoms with Crippen LogP contribution in [0.15, 0.2) is 30.3 Å². The monoisotopic (exact) mass is 511 g/mol. The van der Waals surface area contributed by atoms with E-state index in [1.165, 1.54) is 19.2 Å². The van der Waals surface area contributed by atoms with Crippen LogP contribution in [0.2, 0.25) is 0 Å². The van der Waals surface area contributed by atoms with Gasteiger partial charge in [0.2, 0.25) is 0 Å². The van der Waals surface area contributed by atoms with E-state index in [0.717, 1.165) is 5.39 Å². The van der Waals surface area contributed by atoms with Crippen LogP contribution in [-0.4, -0.2) is 58.0 Å². The van der Waals surface area contributed by atoms with Crippen molar-refractivity contribution in [3.05, 3.63) is 47.4 Å². The summed E-state index contributed by atoms with van der Waals surface area (Å²) < 4.78 is 31.8. The van der Waals surface area contributed by atoms with Gasteiger partial charge in [-0.05, 0) is 52.0 Å². The van der Waals surface area contributed by atoms with E-state index >= 15 is 0 Å². The number of nitrogens with zero attached hydrogens (tertiary/aromatic N) is 3. The standard InChI is InChI=1S/C26H30FN5O5/c1-14(28-25(34)37-26(2,3)4)18-8-7-15-11-20(30-22(15)29-18)23-31-19-12-16(24(33)36-6)17(27)13-21(19)32(23)9-10-35-5/h7-8,11-14H,9-10H2,1-6H3,(H,28,34)(H,29,30)/t14-/m1/s1. The minimum Gasteiger partial charge on any atom is -0.465 e. The molecule has 0 aliphatic carbocycles. The van der Waals surface area contributed by atoms with Crippen LogP contribution >= 0.6 is 0 Å². The van der Waals surface area contributed by atoms with Crippen LogP contribution in [0.3, 0.4) is 0 Å². The number of aromatic nitrogens is 4. The summed E-state index contributed by atoms with van der Waals surface area (Å²) in [6, 6.07) is 7.87. The van der Waals surface area contributed by atoms with Gasteiger partial charge in [0.1, 0.15) is 17.1 Å². The highest BCUT2D eigenvalue weighted by Crippen LogP contribution is 2.29. The molecule has 1 amide bonds. The predicted molar refractivity (Wildman–Crippen MR) is 136 cm³/mol. The van der Waals surface area contributed by atoms with Crippen molar-refractivity contribution in [3.63, 3.8) is 0 Å². The van der Waals surface area contributed by atoms with Crippen LogP contribution in [0, 0.1) is 5.82 Å². The third-order valence-corrected chi connectivity index (χ3v) is 5.68. The summed E-state index contributed by atoms with van der Waals surface area (Å²) in [5.74, 6) is -0.935. The summed E-state index contributed by atoms with van der Waals surface area (Å²) in [5.41, 5.74) is 2.05. The quantitative estimate of drug-likeness (QED) is 0.344. The van der Waals surface area contributed by atoms with Gasteiger partial charge < -0.3 is 29.1 Å². The number of halogens is 1. The number of alkyl carbamates (subject to hydrolysis) is 1. The van der Waals surface area contributed by atoms with Crippen LogP contribution < -0.4 is 5.32 Å². The van der Waals surface area contributed by atoms with Gasteiger partial charge in [-0.1, -0.05) is 0 Å². The molecule has 0 saturated carbocycles. The summed E-state index contributed by atoms with van der Waals surface area (Å²) in [6.45, 7) is 7.99. The summed E-state index contributed by atoms with van der Waals surface area (Å²) in [5, 5.41) is 3.62. The van der Waals surface area contributed by atoms with Gasteiger partial charge in [-0.3, -0.25) is 0 Å². The topological polar surface area (TPSA) is 120 Å². The number of carbonyl (C=O) groups is 2. The van der Waals surface area contributed by atoms with Crippen molar-refractivity contribution in [2.75, 3.05) is 20.8 Å². The summed E-state index contributed by atoms with van der Waals surface area (Å²) in [6.07, 6.45) is -0.528. The number of hydrogen-bond donors (Lipinski definition) is 2. The van der Waals surface area contributed by atoms with Gasteiger partial charge in [-0.25, -0.2) is 23.9 Å². The van der Waals surface area contributed by atoms with E-state index in [1.54, 1.807) is 27.9 Å². The van der Waals surface area contributed by atoms with Crippen molar-refractivity contribution >= 4 is 34.1 Å². The minimum atomic E-state index is -0.774. The SMILES string of the molecule is COCCn1c(-c2cc3ccc([C@@H](C)NC(=O)OC(C)(C)C)nc3[nH]2)nc2cc(C(=O)OC)c(F)cc21. The highest BCUT2D eigenvalue weighted by atomic mass is 19.1. The van der Waals surface area contributed by atoms with E-state index in [-0.39, 0.29) is 5.56 Å². The number of methoxy groups -OCH3 is 2. The minimum absolute atomic E-state index is 0.188. The molecular formula is C26H30FN5O5. The first-order valence-corrected chi connectivity index (χ1v) is 11.8. The smallest absolute Gasteiger partial charge is 0.408 e. The number of imidazole rings is 1. The van der Waals surface area contributed by atoms with Crippen LogP contribution in [0.4, 0.5) is 9.18 Å². The number of carbonyl (C=O) groups excluding carboxylic acids is 2. The van der Waals surface area contributed by atoms with Gasteiger partial charge in [0.15, 0.2) is 5.82 Å². The van der Waals surface area contributed by atoms with Crippen LogP contribution in [0.5, 0.6) is 0 Å². The molecule has 0 radical (unpaired) electrons. The fourth-order valence-electron chi connectivity index (χ4n) is 3.97. The van der Waals surface area contributed by atoms with Gasteiger partial charge in [0, 0.05) is 25.1 Å². The van der Waals surface area contributed by atoms with Crippen LogP contribution in [0.1, 0.15) is 49.8 Å². The van der Waals surface area contributed by atoms with E-state index < -0.39 is 29.5 Å². The lowest BCUT2D eigenvalue weighted by atomic mass is 10.2. The molecule has 0 bridgehead atoms. The Morgan fingerprint density at radius 1 is 1.16 bits per heavy atom. The number of aromatic amines is 1. The number of esters is 1. The van der Waals surface area contributed by atoms with Crippen LogP contribution in [0.25, 0.3) is 33.6 Å². The Balaban J connectivity index is 1.72. The molecule has 1 atom stereocenters. The zero-order chi connectivity index (χ0) is 26.9. The molecule has 0 aliphatic rings. The Hall–Kier alpha value is -3.99. The van der Waals surface area contributed by atoms with E-state index in [2.05, 4.69) is 25.0 Å². The van der Waals surface area contributed by atoms with Crippen LogP contribution in [-0.2, 0) is 20.8 Å². The van der Waals surface area contributed by atoms with Crippen molar-refractivity contribution in [1.29, 1.82) is 0 Å². The normalized spacial score (nSPS) is 12.6. The lowest BCUT2D eigenvalue weighted by Gasteiger charge is -2.21. The fourth-order valence-corrected chi connectivity index (χ4v) is 3.97. The molecule has 1 aromatic carbocycles. The maximum Gasteiger partial charge on any atom is 0.408 e. The first-order chi connectivity index (χ1) is 17.5. The third-order valence-electron chi connectivity index (χ3n) is 5.68. The molecule has 0 unspecified atom stereocenters. The Morgan fingerprint density at radius 3 is 2.59 bits per heavy atom. The lowest BCUT2D eigenvalue weighted by Crippen LogP contribution is -2.34. The molecule has 0 spiro atoms. The van der Waals surface area contributed by atoms with Crippen molar-refractivity contribution in [1.82, 2.24) is 24.8 Å². The Bertz CT molecular complexity index is 1470. The van der Waals surface area contributed by atoms with E-state index in [4.69, 9.17) is 9.47 Å². The molecule has 0 aliphatic heterocycles. The third kappa shape index (κ3) is 5.56. The number of H-pyrrole nitrogens is 1. The fraction of sp³-hybridized carbons (Fsp3) is 0.385. The Labute approximate surface area is 213 Å². The number of amides is 1. The van der Waals surface area contributed by atoms with Gasteiger partial charge in [0.25, 0.3) is 0 Å². The molecule has 196 valence electrons. The highest BCUT2D eigenvalue weighted by Gasteiger charge is 2.22. The zero-order valence-corrected chi connectivity index (χ0v) is 21.6. The summed E-state index contributed by atoms with van der Waals surface area (Å²) in [4.78, 5) is 36.8. The second-order valence-corrected chi connectivity index (χ2v) is 9.62. The second kappa shape index (κ2) is 10.2. The highest BCUT2D eigenvalue weighted by molar-refractivity contribution is 5.95. The number of pyridine rings is 1. The van der Waals surface area contributed by atoms with Crippen molar-refractivity contribution in [2.24, 2.45) is 0 Å². The first-order valence-electron chi connectivity index (χ1n) is 11.8. The maximum atomic E-state index is 14.7. The van der Waals surface area contributed by atoms with Gasteiger partial charge in [0.05, 0.1) is 47.7 Å². The average Bonchev–Trinajstić information content (AvgIpc) is 3.40. The molecule has 3 heterocycles. The molecule has 2 N–H and O–H groups in total. The van der Waals surface area contributed by atoms with E-state index in [1.807, 2.05) is 29.7 Å². The number of ether oxygens (including phenoxy) is 3. The molecule has 3 aromatic heterocycles. The Kier molecular flexibility index (Phi) is 7.17. The zero-order valence-electron chi connectivity index (χ0n) is 21.6. The number of rotatable bonds is 7. The molecular weight excluding hydrogens is 481 g/mol. The van der Waals surface area contributed by atoms with Crippen molar-refractivity contribution in [2.45, 2.75) is 45.9 Å². The van der Waals surface area contributed by atoms with E-state index in [0.29, 0.717) is 47.0 Å². The molecule has 11 heteroatoms. The summed E-state index contributed by atoms with van der Waals surface area (Å²) >= 11 is 0. The molecule has 4 rings (SSSR count). The molecule has 0 saturated heterocycles. The first kappa shape index (κ1) is 26.1. The molecule has 4 aromatic rings.